The molecule has 5 aromatic carbocycles. The Morgan fingerprint density at radius 2 is 1.02 bits per heavy atom. The maximum Gasteiger partial charge on any atom is 0.160 e. The molecule has 2 aliphatic rings. The zero-order valence-corrected chi connectivity index (χ0v) is 26.5. The summed E-state index contributed by atoms with van der Waals surface area (Å²) in [5.74, 6) is 0.730. The first kappa shape index (κ1) is 28.2. The van der Waals surface area contributed by atoms with Gasteiger partial charge in [-0.15, -0.1) is 0 Å². The van der Waals surface area contributed by atoms with Crippen LogP contribution in [0.3, 0.4) is 0 Å². The van der Waals surface area contributed by atoms with Crippen molar-refractivity contribution in [2.75, 3.05) is 0 Å². The molecule has 0 fully saturated rings. The van der Waals surface area contributed by atoms with Crippen LogP contribution in [0.4, 0.5) is 0 Å². The lowest BCUT2D eigenvalue weighted by Gasteiger charge is -2.35. The van der Waals surface area contributed by atoms with E-state index >= 15 is 0 Å². The largest absolute Gasteiger partial charge is 0.228 e. The van der Waals surface area contributed by atoms with Gasteiger partial charge in [-0.2, -0.15) is 0 Å². The van der Waals surface area contributed by atoms with Gasteiger partial charge in [-0.1, -0.05) is 160 Å². The minimum atomic E-state index is 0.0139. The minimum absolute atomic E-state index is 0.0139. The van der Waals surface area contributed by atoms with Crippen LogP contribution in [0.25, 0.3) is 50.6 Å². The molecule has 0 saturated carbocycles. The summed E-state index contributed by atoms with van der Waals surface area (Å²) >= 11 is 0. The van der Waals surface area contributed by atoms with Gasteiger partial charge in [-0.3, -0.25) is 0 Å². The van der Waals surface area contributed by atoms with Crippen molar-refractivity contribution >= 4 is 5.57 Å². The Labute approximate surface area is 271 Å². The molecule has 1 atom stereocenters. The highest BCUT2D eigenvalue weighted by Crippen LogP contribution is 2.57. The van der Waals surface area contributed by atoms with Crippen LogP contribution in [0, 0.1) is 0 Å². The predicted octanol–water partition coefficient (Wildman–Crippen LogP) is 11.1. The second-order valence-electron chi connectivity index (χ2n) is 13.3. The molecule has 0 bridgehead atoms. The van der Waals surface area contributed by atoms with Crippen molar-refractivity contribution in [1.29, 1.82) is 0 Å². The number of fused-ring (bicyclic) bond motifs is 3. The van der Waals surface area contributed by atoms with Crippen molar-refractivity contribution in [3.05, 3.63) is 174 Å². The van der Waals surface area contributed by atoms with E-state index in [0.29, 0.717) is 0 Å². The molecule has 1 heterocycles. The Kier molecular flexibility index (Phi) is 6.69. The number of allylic oxidation sites excluding steroid dienone is 4. The summed E-state index contributed by atoms with van der Waals surface area (Å²) in [7, 11) is 0. The molecule has 1 unspecified atom stereocenters. The molecule has 46 heavy (non-hydrogen) atoms. The number of hydrogen-bond acceptors (Lipinski definition) is 2. The fourth-order valence-electron chi connectivity index (χ4n) is 7.56. The van der Waals surface area contributed by atoms with E-state index in [1.54, 1.807) is 0 Å². The summed E-state index contributed by atoms with van der Waals surface area (Å²) in [6.45, 7) is 7.18. The lowest BCUT2D eigenvalue weighted by Crippen LogP contribution is -2.28. The molecule has 6 aromatic rings. The minimum Gasteiger partial charge on any atom is -0.228 e. The summed E-state index contributed by atoms with van der Waals surface area (Å²) in [6.07, 6.45) is 5.92. The molecule has 0 N–H and O–H groups in total. The Bertz CT molecular complexity index is 2080. The second-order valence-corrected chi connectivity index (χ2v) is 13.3. The molecular formula is C44H36N2. The van der Waals surface area contributed by atoms with E-state index in [2.05, 4.69) is 136 Å². The molecule has 2 nitrogen and oxygen atoms in total. The SMILES string of the molecule is CC1(C)C2=CC(c3cccc(-c4ccc(-c5cc(-c6ccccc6)nc(-c6ccccc6)n5)cc4)c3)=CCC2(C)c2ccccc21. The lowest BCUT2D eigenvalue weighted by molar-refractivity contribution is 0.513. The van der Waals surface area contributed by atoms with Crippen molar-refractivity contribution in [2.45, 2.75) is 38.0 Å². The Hall–Kier alpha value is -5.34. The topological polar surface area (TPSA) is 25.8 Å². The van der Waals surface area contributed by atoms with Crippen LogP contribution >= 0.6 is 0 Å². The molecule has 0 saturated heterocycles. The van der Waals surface area contributed by atoms with E-state index in [1.807, 2.05) is 36.4 Å². The van der Waals surface area contributed by atoms with E-state index in [-0.39, 0.29) is 10.8 Å². The molecule has 1 aromatic heterocycles. The highest BCUT2D eigenvalue weighted by atomic mass is 14.9. The number of hydrogen-bond donors (Lipinski definition) is 0. The van der Waals surface area contributed by atoms with E-state index in [0.717, 1.165) is 40.3 Å². The first-order valence-electron chi connectivity index (χ1n) is 16.1. The van der Waals surface area contributed by atoms with Crippen molar-refractivity contribution in [3.63, 3.8) is 0 Å². The van der Waals surface area contributed by atoms with Gasteiger partial charge in [-0.05, 0) is 57.5 Å². The zero-order valence-electron chi connectivity index (χ0n) is 26.5. The molecule has 2 heteroatoms. The van der Waals surface area contributed by atoms with Gasteiger partial charge in [0.15, 0.2) is 5.82 Å². The van der Waals surface area contributed by atoms with Gasteiger partial charge in [0.1, 0.15) is 0 Å². The molecular weight excluding hydrogens is 556 g/mol. The number of nitrogens with zero attached hydrogens (tertiary/aromatic N) is 2. The van der Waals surface area contributed by atoms with Gasteiger partial charge in [0.25, 0.3) is 0 Å². The van der Waals surface area contributed by atoms with Crippen LogP contribution in [-0.4, -0.2) is 9.97 Å². The third-order valence-electron chi connectivity index (χ3n) is 10.0. The quantitative estimate of drug-likeness (QED) is 0.199. The van der Waals surface area contributed by atoms with Crippen LogP contribution in [0.5, 0.6) is 0 Å². The fourth-order valence-corrected chi connectivity index (χ4v) is 7.56. The van der Waals surface area contributed by atoms with Crippen molar-refractivity contribution in [3.8, 4) is 45.0 Å². The van der Waals surface area contributed by atoms with E-state index < -0.39 is 0 Å². The third kappa shape index (κ3) is 4.73. The summed E-state index contributed by atoms with van der Waals surface area (Å²) in [5, 5.41) is 0. The first-order chi connectivity index (χ1) is 22.4. The van der Waals surface area contributed by atoms with Gasteiger partial charge in [0, 0.05) is 27.5 Å². The first-order valence-corrected chi connectivity index (χ1v) is 16.1. The maximum absolute atomic E-state index is 5.01. The van der Waals surface area contributed by atoms with Gasteiger partial charge < -0.3 is 0 Å². The van der Waals surface area contributed by atoms with Gasteiger partial charge >= 0.3 is 0 Å². The van der Waals surface area contributed by atoms with Crippen LogP contribution in [0.15, 0.2) is 157 Å². The van der Waals surface area contributed by atoms with Crippen molar-refractivity contribution in [2.24, 2.45) is 0 Å². The van der Waals surface area contributed by atoms with Gasteiger partial charge in [-0.25, -0.2) is 9.97 Å². The van der Waals surface area contributed by atoms with E-state index in [4.69, 9.17) is 9.97 Å². The Morgan fingerprint density at radius 1 is 0.478 bits per heavy atom. The monoisotopic (exact) mass is 592 g/mol. The average molecular weight is 593 g/mol. The molecule has 222 valence electrons. The molecule has 0 spiro atoms. The molecule has 0 radical (unpaired) electrons. The third-order valence-corrected chi connectivity index (χ3v) is 10.0. The number of benzene rings is 5. The summed E-state index contributed by atoms with van der Waals surface area (Å²) in [5.41, 5.74) is 14.5. The summed E-state index contributed by atoms with van der Waals surface area (Å²) in [6, 6.07) is 49.4. The Morgan fingerprint density at radius 3 is 1.72 bits per heavy atom. The number of aromatic nitrogens is 2. The van der Waals surface area contributed by atoms with E-state index in [1.165, 1.54) is 39.0 Å². The van der Waals surface area contributed by atoms with Crippen molar-refractivity contribution < 1.29 is 0 Å². The maximum atomic E-state index is 5.01. The van der Waals surface area contributed by atoms with Crippen molar-refractivity contribution in [1.82, 2.24) is 9.97 Å². The van der Waals surface area contributed by atoms with Crippen LogP contribution in [0.2, 0.25) is 0 Å². The smallest absolute Gasteiger partial charge is 0.160 e. The molecule has 0 aliphatic heterocycles. The summed E-state index contributed by atoms with van der Waals surface area (Å²) in [4.78, 5) is 9.95. The van der Waals surface area contributed by atoms with Crippen LogP contribution in [0.1, 0.15) is 43.9 Å². The zero-order chi connectivity index (χ0) is 31.3. The van der Waals surface area contributed by atoms with Crippen LogP contribution < -0.4 is 0 Å². The van der Waals surface area contributed by atoms with Gasteiger partial charge in [0.2, 0.25) is 0 Å². The highest BCUT2D eigenvalue weighted by molar-refractivity contribution is 5.82. The highest BCUT2D eigenvalue weighted by Gasteiger charge is 2.49. The van der Waals surface area contributed by atoms with Crippen LogP contribution in [-0.2, 0) is 10.8 Å². The molecule has 8 rings (SSSR count). The second kappa shape index (κ2) is 10.9. The number of rotatable bonds is 5. The molecule has 2 aliphatic carbocycles. The van der Waals surface area contributed by atoms with E-state index in [9.17, 15) is 0 Å². The lowest BCUT2D eigenvalue weighted by atomic mass is 9.69. The predicted molar refractivity (Wildman–Crippen MR) is 191 cm³/mol. The average Bonchev–Trinajstić information content (AvgIpc) is 3.30. The van der Waals surface area contributed by atoms with Gasteiger partial charge in [0.05, 0.1) is 11.4 Å². The molecule has 0 amide bonds. The Balaban J connectivity index is 1.12. The summed E-state index contributed by atoms with van der Waals surface area (Å²) < 4.78 is 0. The normalized spacial score (nSPS) is 17.9. The fraction of sp³-hybridized carbons (Fsp3) is 0.136. The standard InChI is InChI=1S/C44H36N2/c1-43(2)37-19-10-11-20-38(37)44(3)26-25-36(28-41(43)44)35-18-12-17-34(27-35)30-21-23-32(24-22-30)40-29-39(31-13-6-4-7-14-31)45-42(46-40)33-15-8-5-9-16-33/h4-25,27-29H,26H2,1-3H3.